The van der Waals surface area contributed by atoms with Crippen LogP contribution in [0.15, 0.2) is 27.6 Å². The predicted octanol–water partition coefficient (Wildman–Crippen LogP) is 2.18. The molecule has 1 aliphatic heterocycles. The first-order chi connectivity index (χ1) is 6.72. The number of nitrogens with one attached hydrogen (secondary N) is 1. The molecule has 1 aromatic rings. The second-order valence-corrected chi connectivity index (χ2v) is 5.31. The van der Waals surface area contributed by atoms with Crippen LogP contribution >= 0.6 is 27.7 Å². The van der Waals surface area contributed by atoms with E-state index in [0.29, 0.717) is 0 Å². The van der Waals surface area contributed by atoms with E-state index in [1.54, 1.807) is 11.8 Å². The predicted molar refractivity (Wildman–Crippen MR) is 62.7 cm³/mol. The smallest absolute Gasteiger partial charge is 0.0962 e. The molecule has 14 heavy (non-hydrogen) atoms. The van der Waals surface area contributed by atoms with Crippen molar-refractivity contribution < 1.29 is 5.11 Å². The SMILES string of the molecule is CNC1CSc2ccc(Br)cc2C1O. The summed E-state index contributed by atoms with van der Waals surface area (Å²) in [5.74, 6) is 0.923. The number of hydrogen-bond acceptors (Lipinski definition) is 3. The maximum absolute atomic E-state index is 10.0. The fraction of sp³-hybridized carbons (Fsp3) is 0.400. The summed E-state index contributed by atoms with van der Waals surface area (Å²) in [4.78, 5) is 1.19. The van der Waals surface area contributed by atoms with Gasteiger partial charge in [-0.2, -0.15) is 0 Å². The quantitative estimate of drug-likeness (QED) is 0.823. The van der Waals surface area contributed by atoms with Crippen molar-refractivity contribution in [2.24, 2.45) is 0 Å². The van der Waals surface area contributed by atoms with Gasteiger partial charge in [-0.25, -0.2) is 0 Å². The first-order valence-electron chi connectivity index (χ1n) is 4.50. The van der Waals surface area contributed by atoms with E-state index < -0.39 is 6.10 Å². The Morgan fingerprint density at radius 3 is 3.07 bits per heavy atom. The van der Waals surface area contributed by atoms with E-state index in [1.807, 2.05) is 19.2 Å². The molecule has 0 fully saturated rings. The van der Waals surface area contributed by atoms with E-state index in [4.69, 9.17) is 0 Å². The van der Waals surface area contributed by atoms with Crippen LogP contribution in [0.3, 0.4) is 0 Å². The summed E-state index contributed by atoms with van der Waals surface area (Å²) in [5, 5.41) is 13.2. The third kappa shape index (κ3) is 1.84. The number of rotatable bonds is 1. The van der Waals surface area contributed by atoms with Crippen LogP contribution in [0, 0.1) is 0 Å². The third-order valence-electron chi connectivity index (χ3n) is 2.46. The zero-order valence-corrected chi connectivity index (χ0v) is 10.2. The highest BCUT2D eigenvalue weighted by atomic mass is 79.9. The highest BCUT2D eigenvalue weighted by molar-refractivity contribution is 9.10. The molecule has 2 nitrogen and oxygen atoms in total. The van der Waals surface area contributed by atoms with Crippen LogP contribution in [-0.2, 0) is 0 Å². The van der Waals surface area contributed by atoms with Gasteiger partial charge in [0, 0.05) is 21.2 Å². The van der Waals surface area contributed by atoms with Crippen molar-refractivity contribution in [3.63, 3.8) is 0 Å². The molecular weight excluding hydrogens is 262 g/mol. The van der Waals surface area contributed by atoms with Crippen LogP contribution in [0.2, 0.25) is 0 Å². The number of aliphatic hydroxyl groups is 1. The van der Waals surface area contributed by atoms with Crippen molar-refractivity contribution in [1.29, 1.82) is 0 Å². The molecule has 2 N–H and O–H groups in total. The average molecular weight is 274 g/mol. The molecule has 0 aliphatic carbocycles. The molecule has 0 saturated carbocycles. The summed E-state index contributed by atoms with van der Waals surface area (Å²) in [5.41, 5.74) is 1.02. The number of thioether (sulfide) groups is 1. The molecule has 0 aromatic heterocycles. The van der Waals surface area contributed by atoms with Crippen LogP contribution in [0.4, 0.5) is 0 Å². The lowest BCUT2D eigenvalue weighted by Crippen LogP contribution is -2.36. The number of likely N-dealkylation sites (N-methyl/N-ethyl adjacent to an activating group) is 1. The Labute approximate surface area is 96.2 Å². The molecule has 1 aliphatic rings. The van der Waals surface area contributed by atoms with Crippen LogP contribution in [0.5, 0.6) is 0 Å². The lowest BCUT2D eigenvalue weighted by molar-refractivity contribution is 0.137. The van der Waals surface area contributed by atoms with Gasteiger partial charge in [-0.3, -0.25) is 0 Å². The molecular formula is C10H12BrNOS. The van der Waals surface area contributed by atoms with Crippen molar-refractivity contribution >= 4 is 27.7 Å². The van der Waals surface area contributed by atoms with Gasteiger partial charge in [0.1, 0.15) is 0 Å². The van der Waals surface area contributed by atoms with E-state index in [9.17, 15) is 5.11 Å². The Morgan fingerprint density at radius 1 is 1.57 bits per heavy atom. The molecule has 2 unspecified atom stereocenters. The normalized spacial score (nSPS) is 25.9. The minimum Gasteiger partial charge on any atom is -0.387 e. The van der Waals surface area contributed by atoms with E-state index in [2.05, 4.69) is 27.3 Å². The minimum atomic E-state index is -0.395. The first kappa shape index (κ1) is 10.5. The number of halogens is 1. The monoisotopic (exact) mass is 273 g/mol. The maximum Gasteiger partial charge on any atom is 0.0962 e. The van der Waals surface area contributed by atoms with Gasteiger partial charge in [0.05, 0.1) is 6.10 Å². The zero-order valence-electron chi connectivity index (χ0n) is 7.83. The Bertz CT molecular complexity index is 345. The van der Waals surface area contributed by atoms with Crippen LogP contribution in [-0.4, -0.2) is 23.9 Å². The second kappa shape index (κ2) is 4.23. The molecule has 2 atom stereocenters. The van der Waals surface area contributed by atoms with Gasteiger partial charge in [-0.15, -0.1) is 11.8 Å². The van der Waals surface area contributed by atoms with Gasteiger partial charge in [0.25, 0.3) is 0 Å². The average Bonchev–Trinajstić information content (AvgIpc) is 2.20. The summed E-state index contributed by atoms with van der Waals surface area (Å²) in [6.45, 7) is 0. The summed E-state index contributed by atoms with van der Waals surface area (Å²) < 4.78 is 1.02. The van der Waals surface area contributed by atoms with Gasteiger partial charge >= 0.3 is 0 Å². The third-order valence-corrected chi connectivity index (χ3v) is 4.16. The molecule has 0 bridgehead atoms. The number of benzene rings is 1. The minimum absolute atomic E-state index is 0.154. The summed E-state index contributed by atoms with van der Waals surface area (Å²) in [7, 11) is 1.89. The first-order valence-corrected chi connectivity index (χ1v) is 6.28. The Morgan fingerprint density at radius 2 is 2.36 bits per heavy atom. The van der Waals surface area contributed by atoms with E-state index in [1.165, 1.54) is 4.90 Å². The Hall–Kier alpha value is -0.0300. The number of fused-ring (bicyclic) bond motifs is 1. The standard InChI is InChI=1S/C10H12BrNOS/c1-12-8-5-14-9-3-2-6(11)4-7(9)10(8)13/h2-4,8,10,12-13H,5H2,1H3. The lowest BCUT2D eigenvalue weighted by Gasteiger charge is -2.29. The fourth-order valence-corrected chi connectivity index (χ4v) is 3.21. The Kier molecular flexibility index (Phi) is 3.17. The summed E-state index contributed by atoms with van der Waals surface area (Å²) >= 11 is 5.21. The molecule has 0 radical (unpaired) electrons. The largest absolute Gasteiger partial charge is 0.387 e. The molecule has 0 saturated heterocycles. The van der Waals surface area contributed by atoms with Crippen LogP contribution in [0.1, 0.15) is 11.7 Å². The summed E-state index contributed by atoms with van der Waals surface area (Å²) in [6, 6.07) is 6.22. The van der Waals surface area contributed by atoms with Crippen molar-refractivity contribution in [1.82, 2.24) is 5.32 Å². The van der Waals surface area contributed by atoms with Gasteiger partial charge in [0.15, 0.2) is 0 Å². The van der Waals surface area contributed by atoms with Gasteiger partial charge < -0.3 is 10.4 Å². The highest BCUT2D eigenvalue weighted by Gasteiger charge is 2.27. The van der Waals surface area contributed by atoms with Gasteiger partial charge in [0.2, 0.25) is 0 Å². The van der Waals surface area contributed by atoms with E-state index in [0.717, 1.165) is 15.8 Å². The van der Waals surface area contributed by atoms with Gasteiger partial charge in [-0.1, -0.05) is 15.9 Å². The molecule has 0 amide bonds. The van der Waals surface area contributed by atoms with E-state index >= 15 is 0 Å². The molecule has 1 aromatic carbocycles. The number of hydrogen-bond donors (Lipinski definition) is 2. The fourth-order valence-electron chi connectivity index (χ4n) is 1.61. The summed E-state index contributed by atoms with van der Waals surface area (Å²) in [6.07, 6.45) is -0.395. The molecule has 76 valence electrons. The van der Waals surface area contributed by atoms with Crippen molar-refractivity contribution in [2.75, 3.05) is 12.8 Å². The molecule has 4 heteroatoms. The molecule has 1 heterocycles. The maximum atomic E-state index is 10.0. The van der Waals surface area contributed by atoms with Crippen molar-refractivity contribution in [3.8, 4) is 0 Å². The molecule has 2 rings (SSSR count). The van der Waals surface area contributed by atoms with E-state index in [-0.39, 0.29) is 6.04 Å². The van der Waals surface area contributed by atoms with Crippen molar-refractivity contribution in [2.45, 2.75) is 17.0 Å². The molecule has 0 spiro atoms. The topological polar surface area (TPSA) is 32.3 Å². The van der Waals surface area contributed by atoms with Crippen LogP contribution < -0.4 is 5.32 Å². The zero-order chi connectivity index (χ0) is 10.1. The second-order valence-electron chi connectivity index (χ2n) is 3.33. The Balaban J connectivity index is 2.38. The number of aliphatic hydroxyl groups excluding tert-OH is 1. The van der Waals surface area contributed by atoms with Crippen LogP contribution in [0.25, 0.3) is 0 Å². The van der Waals surface area contributed by atoms with Crippen molar-refractivity contribution in [3.05, 3.63) is 28.2 Å². The highest BCUT2D eigenvalue weighted by Crippen LogP contribution is 2.37. The van der Waals surface area contributed by atoms with Gasteiger partial charge in [-0.05, 0) is 30.8 Å². The lowest BCUT2D eigenvalue weighted by atomic mass is 10.0.